The fraction of sp³-hybridized carbons (Fsp3) is 0.278. The summed E-state index contributed by atoms with van der Waals surface area (Å²) in [5, 5.41) is 3.43. The SMILES string of the molecule is C[C@H](NC(=O)CN(Cc1ccccc1)S(C)(=O)=O)c1ccc(Cl)cc1. The van der Waals surface area contributed by atoms with Crippen molar-refractivity contribution in [2.75, 3.05) is 12.8 Å². The van der Waals surface area contributed by atoms with Crippen molar-refractivity contribution >= 4 is 27.5 Å². The minimum Gasteiger partial charge on any atom is -0.348 e. The van der Waals surface area contributed by atoms with Gasteiger partial charge in [0.05, 0.1) is 18.8 Å². The van der Waals surface area contributed by atoms with E-state index >= 15 is 0 Å². The summed E-state index contributed by atoms with van der Waals surface area (Å²) in [6.45, 7) is 1.76. The number of halogens is 1. The zero-order valence-electron chi connectivity index (χ0n) is 14.1. The molecule has 0 aromatic heterocycles. The molecule has 0 bridgehead atoms. The summed E-state index contributed by atoms with van der Waals surface area (Å²) in [6.07, 6.45) is 1.10. The Hall–Kier alpha value is -1.89. The molecule has 0 saturated heterocycles. The summed E-state index contributed by atoms with van der Waals surface area (Å²) in [6, 6.07) is 16.1. The van der Waals surface area contributed by atoms with Gasteiger partial charge in [0.2, 0.25) is 15.9 Å². The molecule has 0 unspecified atom stereocenters. The summed E-state index contributed by atoms with van der Waals surface area (Å²) in [7, 11) is -3.51. The maximum Gasteiger partial charge on any atom is 0.235 e. The second kappa shape index (κ2) is 8.47. The van der Waals surface area contributed by atoms with E-state index in [1.165, 1.54) is 0 Å². The Bertz CT molecular complexity index is 808. The highest BCUT2D eigenvalue weighted by Crippen LogP contribution is 2.16. The van der Waals surface area contributed by atoms with Gasteiger partial charge in [-0.25, -0.2) is 8.42 Å². The van der Waals surface area contributed by atoms with E-state index in [2.05, 4.69) is 5.32 Å². The van der Waals surface area contributed by atoms with E-state index in [4.69, 9.17) is 11.6 Å². The number of rotatable bonds is 7. The lowest BCUT2D eigenvalue weighted by Crippen LogP contribution is -2.40. The van der Waals surface area contributed by atoms with E-state index in [0.29, 0.717) is 5.02 Å². The average molecular weight is 381 g/mol. The summed E-state index contributed by atoms with van der Waals surface area (Å²) >= 11 is 5.86. The van der Waals surface area contributed by atoms with E-state index in [0.717, 1.165) is 21.7 Å². The van der Waals surface area contributed by atoms with Gasteiger partial charge in [-0.3, -0.25) is 4.79 Å². The topological polar surface area (TPSA) is 66.5 Å². The molecule has 25 heavy (non-hydrogen) atoms. The molecule has 0 aliphatic rings. The van der Waals surface area contributed by atoms with Gasteiger partial charge in [-0.05, 0) is 30.2 Å². The molecule has 1 N–H and O–H groups in total. The van der Waals surface area contributed by atoms with Gasteiger partial charge in [0.25, 0.3) is 0 Å². The molecule has 2 aromatic rings. The summed E-state index contributed by atoms with van der Waals surface area (Å²) in [4.78, 5) is 12.3. The molecular weight excluding hydrogens is 360 g/mol. The number of sulfonamides is 1. The standard InChI is InChI=1S/C18H21ClN2O3S/c1-14(16-8-10-17(19)11-9-16)20-18(22)13-21(25(2,23)24)12-15-6-4-3-5-7-15/h3-11,14H,12-13H2,1-2H3,(H,20,22)/t14-/m0/s1. The molecule has 7 heteroatoms. The van der Waals surface area contributed by atoms with Crippen LogP contribution in [0.4, 0.5) is 0 Å². The molecule has 0 radical (unpaired) electrons. The molecule has 2 aromatic carbocycles. The Morgan fingerprint density at radius 2 is 1.72 bits per heavy atom. The van der Waals surface area contributed by atoms with Crippen LogP contribution in [0.25, 0.3) is 0 Å². The first-order valence-electron chi connectivity index (χ1n) is 7.79. The third-order valence-corrected chi connectivity index (χ3v) is 5.19. The summed E-state index contributed by atoms with van der Waals surface area (Å²) in [5.74, 6) is -0.358. The second-order valence-electron chi connectivity index (χ2n) is 5.86. The number of amides is 1. The average Bonchev–Trinajstić information content (AvgIpc) is 2.55. The van der Waals surface area contributed by atoms with Crippen molar-refractivity contribution in [1.82, 2.24) is 9.62 Å². The molecule has 5 nitrogen and oxygen atoms in total. The van der Waals surface area contributed by atoms with Crippen molar-refractivity contribution in [2.45, 2.75) is 19.5 Å². The summed E-state index contributed by atoms with van der Waals surface area (Å²) in [5.41, 5.74) is 1.72. The number of nitrogens with zero attached hydrogens (tertiary/aromatic N) is 1. The third-order valence-electron chi connectivity index (χ3n) is 3.74. The minimum absolute atomic E-state index is 0.155. The number of carbonyl (C=O) groups is 1. The molecule has 0 heterocycles. The fourth-order valence-corrected chi connectivity index (χ4v) is 3.22. The van der Waals surface area contributed by atoms with Crippen LogP contribution in [-0.2, 0) is 21.4 Å². The lowest BCUT2D eigenvalue weighted by atomic mass is 10.1. The molecule has 0 aliphatic carbocycles. The molecule has 0 spiro atoms. The smallest absolute Gasteiger partial charge is 0.235 e. The Morgan fingerprint density at radius 1 is 1.12 bits per heavy atom. The quantitative estimate of drug-likeness (QED) is 0.803. The first-order chi connectivity index (χ1) is 11.8. The molecular formula is C18H21ClN2O3S. The van der Waals surface area contributed by atoms with Crippen LogP contribution >= 0.6 is 11.6 Å². The lowest BCUT2D eigenvalue weighted by molar-refractivity contribution is -0.122. The highest BCUT2D eigenvalue weighted by Gasteiger charge is 2.21. The Balaban J connectivity index is 2.03. The molecule has 0 aliphatic heterocycles. The highest BCUT2D eigenvalue weighted by molar-refractivity contribution is 7.88. The van der Waals surface area contributed by atoms with Crippen molar-refractivity contribution in [2.24, 2.45) is 0 Å². The maximum absolute atomic E-state index is 12.3. The van der Waals surface area contributed by atoms with Gasteiger partial charge >= 0.3 is 0 Å². The van der Waals surface area contributed by atoms with E-state index in [9.17, 15) is 13.2 Å². The third kappa shape index (κ3) is 6.16. The van der Waals surface area contributed by atoms with E-state index < -0.39 is 10.0 Å². The van der Waals surface area contributed by atoms with Crippen molar-refractivity contribution in [1.29, 1.82) is 0 Å². The molecule has 2 rings (SSSR count). The summed E-state index contributed by atoms with van der Waals surface area (Å²) < 4.78 is 25.2. The van der Waals surface area contributed by atoms with Gasteiger partial charge < -0.3 is 5.32 Å². The number of nitrogens with one attached hydrogen (secondary N) is 1. The highest BCUT2D eigenvalue weighted by atomic mass is 35.5. The zero-order valence-corrected chi connectivity index (χ0v) is 15.7. The largest absolute Gasteiger partial charge is 0.348 e. The Morgan fingerprint density at radius 3 is 2.28 bits per heavy atom. The molecule has 1 atom stereocenters. The number of hydrogen-bond donors (Lipinski definition) is 1. The van der Waals surface area contributed by atoms with E-state index in [1.54, 1.807) is 12.1 Å². The monoisotopic (exact) mass is 380 g/mol. The predicted octanol–water partition coefficient (Wildman–Crippen LogP) is 2.98. The first-order valence-corrected chi connectivity index (χ1v) is 10.0. The first kappa shape index (κ1) is 19.4. The maximum atomic E-state index is 12.3. The van der Waals surface area contributed by atoms with E-state index in [1.807, 2.05) is 49.4 Å². The van der Waals surface area contributed by atoms with Gasteiger partial charge in [-0.15, -0.1) is 0 Å². The van der Waals surface area contributed by atoms with Crippen molar-refractivity contribution in [3.8, 4) is 0 Å². The van der Waals surface area contributed by atoms with Crippen LogP contribution < -0.4 is 5.32 Å². The van der Waals surface area contributed by atoms with Crippen molar-refractivity contribution in [3.05, 3.63) is 70.7 Å². The Labute approximate surface area is 153 Å². The van der Waals surface area contributed by atoms with Gasteiger partial charge in [0, 0.05) is 11.6 Å². The van der Waals surface area contributed by atoms with Crippen LogP contribution in [0.3, 0.4) is 0 Å². The number of benzene rings is 2. The number of carbonyl (C=O) groups excluding carboxylic acids is 1. The van der Waals surface area contributed by atoms with Crippen LogP contribution in [-0.4, -0.2) is 31.4 Å². The minimum atomic E-state index is -3.51. The molecule has 134 valence electrons. The Kier molecular flexibility index (Phi) is 6.58. The zero-order chi connectivity index (χ0) is 18.4. The van der Waals surface area contributed by atoms with Crippen LogP contribution in [0, 0.1) is 0 Å². The van der Waals surface area contributed by atoms with Gasteiger partial charge in [-0.2, -0.15) is 4.31 Å². The normalized spacial score (nSPS) is 12.8. The second-order valence-corrected chi connectivity index (χ2v) is 8.28. The van der Waals surface area contributed by atoms with Crippen molar-refractivity contribution < 1.29 is 13.2 Å². The fourth-order valence-electron chi connectivity index (χ4n) is 2.36. The van der Waals surface area contributed by atoms with Crippen LogP contribution in [0.5, 0.6) is 0 Å². The lowest BCUT2D eigenvalue weighted by Gasteiger charge is -2.21. The predicted molar refractivity (Wildman–Crippen MR) is 99.7 cm³/mol. The molecule has 0 fully saturated rings. The van der Waals surface area contributed by atoms with E-state index in [-0.39, 0.29) is 25.0 Å². The van der Waals surface area contributed by atoms with Gasteiger partial charge in [0.1, 0.15) is 0 Å². The van der Waals surface area contributed by atoms with Gasteiger partial charge in [0.15, 0.2) is 0 Å². The van der Waals surface area contributed by atoms with Crippen LogP contribution in [0.2, 0.25) is 5.02 Å². The molecule has 0 saturated carbocycles. The molecule has 1 amide bonds. The van der Waals surface area contributed by atoms with Crippen molar-refractivity contribution in [3.63, 3.8) is 0 Å². The van der Waals surface area contributed by atoms with Gasteiger partial charge in [-0.1, -0.05) is 54.1 Å². The van der Waals surface area contributed by atoms with Crippen LogP contribution in [0.1, 0.15) is 24.1 Å². The number of hydrogen-bond acceptors (Lipinski definition) is 3. The van der Waals surface area contributed by atoms with Crippen LogP contribution in [0.15, 0.2) is 54.6 Å².